The minimum atomic E-state index is -1.26. The largest absolute Gasteiger partial charge is 0.486 e. The number of rotatable bonds is 1. The van der Waals surface area contributed by atoms with Gasteiger partial charge in [0.2, 0.25) is 0 Å². The number of halogens is 2. The van der Waals surface area contributed by atoms with Crippen molar-refractivity contribution in [2.45, 2.75) is 6.30 Å². The van der Waals surface area contributed by atoms with E-state index in [1.54, 1.807) is 0 Å². The van der Waals surface area contributed by atoms with Crippen LogP contribution in [0, 0.1) is 5.82 Å². The molecule has 4 nitrogen and oxygen atoms in total. The number of fused-ring (bicyclic) bond motifs is 1. The normalized spacial score (nSPS) is 23.0. The Bertz CT molecular complexity index is 456. The summed E-state index contributed by atoms with van der Waals surface area (Å²) in [4.78, 5) is 1.39. The fraction of sp³-hybridized carbons (Fsp3) is 0.500. The lowest BCUT2D eigenvalue weighted by Crippen LogP contribution is -2.49. The number of hydrogen-bond acceptors (Lipinski definition) is 4. The van der Waals surface area contributed by atoms with E-state index >= 15 is 0 Å². The van der Waals surface area contributed by atoms with Gasteiger partial charge in [-0.3, -0.25) is 0 Å². The molecule has 1 saturated heterocycles. The summed E-state index contributed by atoms with van der Waals surface area (Å²) in [5, 5.41) is 2.92. The van der Waals surface area contributed by atoms with E-state index in [1.807, 2.05) is 0 Å². The Hall–Kier alpha value is -1.56. The van der Waals surface area contributed by atoms with E-state index in [2.05, 4.69) is 5.32 Å². The van der Waals surface area contributed by atoms with Crippen molar-refractivity contribution in [3.8, 4) is 11.5 Å². The highest BCUT2D eigenvalue weighted by Crippen LogP contribution is 2.42. The van der Waals surface area contributed by atoms with Crippen LogP contribution < -0.4 is 19.7 Å². The van der Waals surface area contributed by atoms with E-state index in [-0.39, 0.29) is 12.2 Å². The van der Waals surface area contributed by atoms with Gasteiger partial charge in [0.1, 0.15) is 18.9 Å². The molecule has 0 aliphatic carbocycles. The van der Waals surface area contributed by atoms with Crippen LogP contribution >= 0.6 is 0 Å². The van der Waals surface area contributed by atoms with Gasteiger partial charge >= 0.3 is 0 Å². The summed E-state index contributed by atoms with van der Waals surface area (Å²) < 4.78 is 38.7. The number of alkyl halides is 1. The van der Waals surface area contributed by atoms with Crippen LogP contribution in [0.5, 0.6) is 11.5 Å². The van der Waals surface area contributed by atoms with Crippen molar-refractivity contribution in [1.82, 2.24) is 5.32 Å². The van der Waals surface area contributed by atoms with Crippen molar-refractivity contribution in [2.75, 3.05) is 37.7 Å². The van der Waals surface area contributed by atoms with E-state index in [4.69, 9.17) is 9.47 Å². The Kier molecular flexibility index (Phi) is 2.95. The monoisotopic (exact) mass is 256 g/mol. The molecule has 0 amide bonds. The molecule has 0 spiro atoms. The number of nitrogens with zero attached hydrogens (tertiary/aromatic N) is 1. The molecule has 1 aromatic rings. The maximum Gasteiger partial charge on any atom is 0.187 e. The molecule has 1 unspecified atom stereocenters. The minimum Gasteiger partial charge on any atom is -0.486 e. The van der Waals surface area contributed by atoms with Gasteiger partial charge in [-0.15, -0.1) is 0 Å². The summed E-state index contributed by atoms with van der Waals surface area (Å²) in [5.41, 5.74) is 0.168. The smallest absolute Gasteiger partial charge is 0.187 e. The molecule has 2 aliphatic heterocycles. The molecule has 1 aromatic carbocycles. The first-order chi connectivity index (χ1) is 8.77. The number of anilines is 1. The van der Waals surface area contributed by atoms with Gasteiger partial charge in [-0.25, -0.2) is 8.78 Å². The number of ether oxygens (including phenoxy) is 2. The fourth-order valence-corrected chi connectivity index (χ4v) is 2.27. The number of piperazine rings is 1. The van der Waals surface area contributed by atoms with E-state index < -0.39 is 12.1 Å². The molecule has 6 heteroatoms. The molecule has 2 heterocycles. The molecule has 1 N–H and O–H groups in total. The van der Waals surface area contributed by atoms with Gasteiger partial charge in [-0.2, -0.15) is 0 Å². The minimum absolute atomic E-state index is 0.168. The van der Waals surface area contributed by atoms with Crippen molar-refractivity contribution < 1.29 is 18.3 Å². The Morgan fingerprint density at radius 1 is 1.28 bits per heavy atom. The van der Waals surface area contributed by atoms with Gasteiger partial charge in [-0.05, 0) is 12.1 Å². The molecule has 3 rings (SSSR count). The summed E-state index contributed by atoms with van der Waals surface area (Å²) in [7, 11) is 0. The van der Waals surface area contributed by atoms with Gasteiger partial charge in [0.05, 0.1) is 0 Å². The maximum atomic E-state index is 14.0. The van der Waals surface area contributed by atoms with Crippen LogP contribution in [0.3, 0.4) is 0 Å². The van der Waals surface area contributed by atoms with Gasteiger partial charge in [-0.1, -0.05) is 0 Å². The third kappa shape index (κ3) is 1.86. The lowest BCUT2D eigenvalue weighted by atomic mass is 10.2. The Labute approximate surface area is 103 Å². The molecular formula is C12H14F2N2O2. The average Bonchev–Trinajstić information content (AvgIpc) is 2.40. The van der Waals surface area contributed by atoms with Crippen molar-refractivity contribution >= 4 is 5.69 Å². The molecular weight excluding hydrogens is 242 g/mol. The molecule has 0 aromatic heterocycles. The second-order valence-corrected chi connectivity index (χ2v) is 4.25. The topological polar surface area (TPSA) is 33.7 Å². The quantitative estimate of drug-likeness (QED) is 0.768. The highest BCUT2D eigenvalue weighted by atomic mass is 19.1. The zero-order valence-corrected chi connectivity index (χ0v) is 9.79. The number of nitrogens with one attached hydrogen (secondary N) is 1. The van der Waals surface area contributed by atoms with Crippen LogP contribution in [-0.2, 0) is 0 Å². The third-order valence-corrected chi connectivity index (χ3v) is 3.10. The second kappa shape index (κ2) is 4.61. The zero-order chi connectivity index (χ0) is 12.5. The molecule has 0 radical (unpaired) electrons. The van der Waals surface area contributed by atoms with Crippen LogP contribution in [0.1, 0.15) is 0 Å². The maximum absolute atomic E-state index is 14.0. The molecule has 0 saturated carbocycles. The van der Waals surface area contributed by atoms with Crippen molar-refractivity contribution in [3.05, 3.63) is 17.9 Å². The van der Waals surface area contributed by atoms with Crippen LogP contribution in [0.25, 0.3) is 0 Å². The Morgan fingerprint density at radius 2 is 2.11 bits per heavy atom. The first-order valence-corrected chi connectivity index (χ1v) is 5.97. The standard InChI is InChI=1S/C12H14F2N2O2/c13-8-1-2-9-12(18-6-5-17-9)11(8)16-4-3-15-7-10(16)14/h1-2,10,15H,3-7H2. The first-order valence-electron chi connectivity index (χ1n) is 5.97. The summed E-state index contributed by atoms with van der Waals surface area (Å²) in [5.74, 6) is 0.304. The lowest BCUT2D eigenvalue weighted by Gasteiger charge is -2.35. The molecule has 18 heavy (non-hydrogen) atoms. The van der Waals surface area contributed by atoms with E-state index in [1.165, 1.54) is 17.0 Å². The van der Waals surface area contributed by atoms with Gasteiger partial charge in [0.25, 0.3) is 0 Å². The van der Waals surface area contributed by atoms with Gasteiger partial charge < -0.3 is 19.7 Å². The molecule has 98 valence electrons. The van der Waals surface area contributed by atoms with E-state index in [0.717, 1.165) is 0 Å². The SMILES string of the molecule is Fc1ccc2c(c1N1CCNCC1F)OCCO2. The third-order valence-electron chi connectivity index (χ3n) is 3.10. The molecule has 1 atom stereocenters. The van der Waals surface area contributed by atoms with E-state index in [9.17, 15) is 8.78 Å². The van der Waals surface area contributed by atoms with Crippen molar-refractivity contribution in [2.24, 2.45) is 0 Å². The summed E-state index contributed by atoms with van der Waals surface area (Å²) in [6.07, 6.45) is -1.26. The highest BCUT2D eigenvalue weighted by molar-refractivity contribution is 5.66. The van der Waals surface area contributed by atoms with Crippen LogP contribution in [0.2, 0.25) is 0 Å². The number of benzene rings is 1. The predicted octanol–water partition coefficient (Wildman–Crippen LogP) is 1.30. The molecule has 1 fully saturated rings. The number of hydrogen-bond donors (Lipinski definition) is 1. The average molecular weight is 256 g/mol. The lowest BCUT2D eigenvalue weighted by molar-refractivity contribution is 0.169. The van der Waals surface area contributed by atoms with Crippen LogP contribution in [0.4, 0.5) is 14.5 Å². The zero-order valence-electron chi connectivity index (χ0n) is 9.79. The predicted molar refractivity (Wildman–Crippen MR) is 62.5 cm³/mol. The highest BCUT2D eigenvalue weighted by Gasteiger charge is 2.30. The summed E-state index contributed by atoms with van der Waals surface area (Å²) in [6, 6.07) is 2.81. The summed E-state index contributed by atoms with van der Waals surface area (Å²) >= 11 is 0. The molecule has 0 bridgehead atoms. The first kappa shape index (κ1) is 11.5. The Balaban J connectivity index is 2.04. The van der Waals surface area contributed by atoms with E-state index in [0.29, 0.717) is 37.8 Å². The summed E-state index contributed by atoms with van der Waals surface area (Å²) in [6.45, 7) is 1.98. The van der Waals surface area contributed by atoms with Gasteiger partial charge in [0.15, 0.2) is 23.6 Å². The van der Waals surface area contributed by atoms with Crippen LogP contribution in [-0.4, -0.2) is 39.1 Å². The van der Waals surface area contributed by atoms with Gasteiger partial charge in [0, 0.05) is 19.6 Å². The Morgan fingerprint density at radius 3 is 2.94 bits per heavy atom. The van der Waals surface area contributed by atoms with Crippen molar-refractivity contribution in [3.63, 3.8) is 0 Å². The molecule has 2 aliphatic rings. The second-order valence-electron chi connectivity index (χ2n) is 4.25. The van der Waals surface area contributed by atoms with Crippen molar-refractivity contribution in [1.29, 1.82) is 0 Å². The fourth-order valence-electron chi connectivity index (χ4n) is 2.27. The van der Waals surface area contributed by atoms with Crippen LogP contribution in [0.15, 0.2) is 12.1 Å².